The normalized spacial score (nSPS) is 14.8. The summed E-state index contributed by atoms with van der Waals surface area (Å²) in [5.74, 6) is 0.983. The summed E-state index contributed by atoms with van der Waals surface area (Å²) in [4.78, 5) is 13.7. The van der Waals surface area contributed by atoms with Gasteiger partial charge in [0.05, 0.1) is 5.75 Å². The van der Waals surface area contributed by atoms with E-state index in [0.717, 1.165) is 31.1 Å². The van der Waals surface area contributed by atoms with E-state index in [2.05, 4.69) is 10.2 Å². The Labute approximate surface area is 111 Å². The molecule has 0 radical (unpaired) electrons. The molecule has 6 nitrogen and oxygen atoms in total. The number of nitrogens with zero attached hydrogens (tertiary/aromatic N) is 4. The van der Waals surface area contributed by atoms with Crippen molar-refractivity contribution >= 4 is 23.6 Å². The van der Waals surface area contributed by atoms with Crippen LogP contribution in [-0.4, -0.2) is 44.4 Å². The Balaban J connectivity index is 1.96. The lowest BCUT2D eigenvalue weighted by molar-refractivity contribution is -0.127. The second-order valence-electron chi connectivity index (χ2n) is 4.30. The minimum absolute atomic E-state index is 0.133. The fraction of sp³-hybridized carbons (Fsp3) is 0.727. The van der Waals surface area contributed by atoms with Gasteiger partial charge < -0.3 is 10.6 Å². The van der Waals surface area contributed by atoms with E-state index in [-0.39, 0.29) is 5.91 Å². The first kappa shape index (κ1) is 13.2. The predicted octanol–water partition coefficient (Wildman–Crippen LogP) is 1.16. The summed E-state index contributed by atoms with van der Waals surface area (Å²) in [6, 6.07) is 0.436. The van der Waals surface area contributed by atoms with Crippen LogP contribution in [0.3, 0.4) is 0 Å². The van der Waals surface area contributed by atoms with Crippen LogP contribution in [-0.2, 0) is 4.79 Å². The average molecular weight is 269 g/mol. The summed E-state index contributed by atoms with van der Waals surface area (Å²) in [6.45, 7) is 5.45. The summed E-state index contributed by atoms with van der Waals surface area (Å²) in [5.41, 5.74) is 5.78. The number of thioether (sulfide) groups is 1. The number of hydrogen-bond donors (Lipinski definition) is 1. The molecule has 1 amide bonds. The topological polar surface area (TPSA) is 77.0 Å². The first-order chi connectivity index (χ1) is 8.67. The van der Waals surface area contributed by atoms with Gasteiger partial charge in [0.15, 0.2) is 5.16 Å². The number of anilines is 1. The maximum Gasteiger partial charge on any atom is 0.233 e. The molecule has 0 spiro atoms. The van der Waals surface area contributed by atoms with Crippen molar-refractivity contribution in [2.24, 2.45) is 0 Å². The van der Waals surface area contributed by atoms with Crippen molar-refractivity contribution in [1.82, 2.24) is 19.7 Å². The Bertz CT molecular complexity index is 425. The number of rotatable bonds is 6. The van der Waals surface area contributed by atoms with Crippen LogP contribution in [0.15, 0.2) is 5.16 Å². The molecule has 18 heavy (non-hydrogen) atoms. The van der Waals surface area contributed by atoms with Gasteiger partial charge in [0.1, 0.15) is 0 Å². The van der Waals surface area contributed by atoms with Crippen LogP contribution >= 0.6 is 11.8 Å². The van der Waals surface area contributed by atoms with Crippen molar-refractivity contribution in [2.75, 3.05) is 24.6 Å². The van der Waals surface area contributed by atoms with Crippen LogP contribution in [0.1, 0.15) is 32.7 Å². The Hall–Kier alpha value is -1.24. The number of amides is 1. The molecule has 1 saturated carbocycles. The molecule has 0 aromatic carbocycles. The number of hydrogen-bond acceptors (Lipinski definition) is 5. The van der Waals surface area contributed by atoms with Crippen molar-refractivity contribution in [3.05, 3.63) is 0 Å². The molecule has 0 atom stereocenters. The van der Waals surface area contributed by atoms with E-state index >= 15 is 0 Å². The molecule has 1 aromatic heterocycles. The largest absolute Gasteiger partial charge is 0.368 e. The van der Waals surface area contributed by atoms with Gasteiger partial charge in [-0.25, -0.2) is 0 Å². The SMILES string of the molecule is CCN(CC)C(=O)CSc1nnc(N)n1C1CC1. The smallest absolute Gasteiger partial charge is 0.233 e. The van der Waals surface area contributed by atoms with Gasteiger partial charge >= 0.3 is 0 Å². The molecule has 100 valence electrons. The molecule has 0 saturated heterocycles. The predicted molar refractivity (Wildman–Crippen MR) is 71.4 cm³/mol. The molecule has 2 N–H and O–H groups in total. The first-order valence-corrected chi connectivity index (χ1v) is 7.26. The molecule has 1 aliphatic rings. The van der Waals surface area contributed by atoms with Crippen LogP contribution in [0.5, 0.6) is 0 Å². The van der Waals surface area contributed by atoms with Gasteiger partial charge in [0.25, 0.3) is 0 Å². The van der Waals surface area contributed by atoms with Gasteiger partial charge in [-0.15, -0.1) is 10.2 Å². The highest BCUT2D eigenvalue weighted by atomic mass is 32.2. The lowest BCUT2D eigenvalue weighted by Crippen LogP contribution is -2.31. The van der Waals surface area contributed by atoms with Crippen molar-refractivity contribution in [3.8, 4) is 0 Å². The maximum absolute atomic E-state index is 11.9. The van der Waals surface area contributed by atoms with Crippen LogP contribution < -0.4 is 5.73 Å². The molecular formula is C11H19N5OS. The van der Waals surface area contributed by atoms with E-state index in [1.807, 2.05) is 23.3 Å². The summed E-state index contributed by atoms with van der Waals surface area (Å²) < 4.78 is 1.94. The van der Waals surface area contributed by atoms with E-state index in [0.29, 0.717) is 17.7 Å². The zero-order chi connectivity index (χ0) is 13.1. The fourth-order valence-corrected chi connectivity index (χ4v) is 2.77. The van der Waals surface area contributed by atoms with Crippen LogP contribution in [0, 0.1) is 0 Å². The molecule has 1 aromatic rings. The molecule has 2 rings (SSSR count). The highest BCUT2D eigenvalue weighted by Gasteiger charge is 2.29. The van der Waals surface area contributed by atoms with E-state index in [4.69, 9.17) is 5.73 Å². The van der Waals surface area contributed by atoms with Gasteiger partial charge in [-0.1, -0.05) is 11.8 Å². The zero-order valence-electron chi connectivity index (χ0n) is 10.8. The third-order valence-electron chi connectivity index (χ3n) is 3.04. The highest BCUT2D eigenvalue weighted by Crippen LogP contribution is 2.39. The third-order valence-corrected chi connectivity index (χ3v) is 3.97. The fourth-order valence-electron chi connectivity index (χ4n) is 1.86. The number of nitrogens with two attached hydrogens (primary N) is 1. The van der Waals surface area contributed by atoms with Crippen molar-refractivity contribution in [3.63, 3.8) is 0 Å². The molecule has 1 heterocycles. The summed E-state index contributed by atoms with van der Waals surface area (Å²) in [7, 11) is 0. The lowest BCUT2D eigenvalue weighted by Gasteiger charge is -2.18. The average Bonchev–Trinajstić information content (AvgIpc) is 3.12. The number of carbonyl (C=O) groups excluding carboxylic acids is 1. The van der Waals surface area contributed by atoms with Crippen molar-refractivity contribution in [1.29, 1.82) is 0 Å². The van der Waals surface area contributed by atoms with Gasteiger partial charge in [-0.2, -0.15) is 0 Å². The van der Waals surface area contributed by atoms with Gasteiger partial charge in [-0.05, 0) is 26.7 Å². The Morgan fingerprint density at radius 2 is 2.11 bits per heavy atom. The Morgan fingerprint density at radius 1 is 1.44 bits per heavy atom. The van der Waals surface area contributed by atoms with Gasteiger partial charge in [0, 0.05) is 19.1 Å². The quantitative estimate of drug-likeness (QED) is 0.784. The van der Waals surface area contributed by atoms with Crippen LogP contribution in [0.2, 0.25) is 0 Å². The lowest BCUT2D eigenvalue weighted by atomic mass is 10.5. The summed E-state index contributed by atoms with van der Waals surface area (Å²) in [6.07, 6.45) is 2.25. The van der Waals surface area contributed by atoms with Gasteiger partial charge in [-0.3, -0.25) is 9.36 Å². The summed E-state index contributed by atoms with van der Waals surface area (Å²) >= 11 is 1.42. The van der Waals surface area contributed by atoms with E-state index in [1.165, 1.54) is 11.8 Å². The van der Waals surface area contributed by atoms with E-state index in [1.54, 1.807) is 0 Å². The van der Waals surface area contributed by atoms with Crippen LogP contribution in [0.4, 0.5) is 5.95 Å². The van der Waals surface area contributed by atoms with E-state index in [9.17, 15) is 4.79 Å². The molecule has 1 fully saturated rings. The molecular weight excluding hydrogens is 250 g/mol. The van der Waals surface area contributed by atoms with Crippen LogP contribution in [0.25, 0.3) is 0 Å². The van der Waals surface area contributed by atoms with E-state index < -0.39 is 0 Å². The standard InChI is InChI=1S/C11H19N5OS/c1-3-15(4-2)9(17)7-18-11-14-13-10(12)16(11)8-5-6-8/h8H,3-7H2,1-2H3,(H2,12,13). The number of aromatic nitrogens is 3. The first-order valence-electron chi connectivity index (χ1n) is 6.28. The van der Waals surface area contributed by atoms with Crippen molar-refractivity contribution < 1.29 is 4.79 Å². The monoisotopic (exact) mass is 269 g/mol. The minimum atomic E-state index is 0.133. The molecule has 0 aliphatic heterocycles. The Morgan fingerprint density at radius 3 is 2.67 bits per heavy atom. The molecule has 1 aliphatic carbocycles. The van der Waals surface area contributed by atoms with Gasteiger partial charge in [0.2, 0.25) is 11.9 Å². The third kappa shape index (κ3) is 2.77. The summed E-state index contributed by atoms with van der Waals surface area (Å²) in [5, 5.41) is 8.69. The Kier molecular flexibility index (Phi) is 4.11. The zero-order valence-corrected chi connectivity index (χ0v) is 11.6. The molecule has 0 bridgehead atoms. The minimum Gasteiger partial charge on any atom is -0.368 e. The number of nitrogen functional groups attached to an aromatic ring is 1. The second kappa shape index (κ2) is 5.60. The van der Waals surface area contributed by atoms with Crippen molar-refractivity contribution in [2.45, 2.75) is 37.9 Å². The highest BCUT2D eigenvalue weighted by molar-refractivity contribution is 7.99. The number of carbonyl (C=O) groups is 1. The maximum atomic E-state index is 11.9. The molecule has 7 heteroatoms. The molecule has 0 unspecified atom stereocenters. The second-order valence-corrected chi connectivity index (χ2v) is 5.24.